The Kier molecular flexibility index (Phi) is 7.94. The Morgan fingerprint density at radius 1 is 0.846 bits per heavy atom. The van der Waals surface area contributed by atoms with Gasteiger partial charge in [0.2, 0.25) is 18.3 Å². The van der Waals surface area contributed by atoms with Crippen LogP contribution in [-0.2, 0) is 38.1 Å². The molecule has 1 aliphatic rings. The van der Waals surface area contributed by atoms with E-state index >= 15 is 0 Å². The van der Waals surface area contributed by atoms with Gasteiger partial charge in [0, 0.05) is 20.8 Å². The van der Waals surface area contributed by atoms with Gasteiger partial charge in [-0.25, -0.2) is 0 Å². The highest BCUT2D eigenvalue weighted by Gasteiger charge is 2.52. The Bertz CT molecular complexity index is 579. The number of hydrogen-bond acceptors (Lipinski definition) is 9. The van der Waals surface area contributed by atoms with Crippen LogP contribution in [0.4, 0.5) is 0 Å². The van der Waals surface area contributed by atoms with E-state index in [1.807, 2.05) is 0 Å². The van der Waals surface area contributed by atoms with Gasteiger partial charge in [-0.05, 0) is 6.92 Å². The minimum absolute atomic E-state index is 0.669. The van der Waals surface area contributed by atoms with Crippen molar-refractivity contribution in [1.82, 2.24) is 0 Å². The van der Waals surface area contributed by atoms with Gasteiger partial charge in [-0.3, -0.25) is 19.8 Å². The van der Waals surface area contributed by atoms with E-state index < -0.39 is 58.3 Å². The third-order valence-electron chi connectivity index (χ3n) is 3.12. The maximum Gasteiger partial charge on any atom is 0.303 e. The van der Waals surface area contributed by atoms with E-state index in [0.29, 0.717) is 0 Å². The fourth-order valence-electron chi connectivity index (χ4n) is 2.25. The van der Waals surface area contributed by atoms with Crippen molar-refractivity contribution in [1.29, 1.82) is 5.41 Å². The molecule has 1 rings (SSSR count). The fourth-order valence-corrected chi connectivity index (χ4v) is 2.38. The minimum Gasteiger partial charge on any atom is -0.456 e. The third kappa shape index (κ3) is 6.46. The van der Waals surface area contributed by atoms with Crippen LogP contribution in [0.5, 0.6) is 0 Å². The molecule has 9 nitrogen and oxygen atoms in total. The van der Waals surface area contributed by atoms with Crippen molar-refractivity contribution in [2.45, 2.75) is 62.2 Å². The molecule has 0 aromatic rings. The molecule has 12 heteroatoms. The SMILES string of the molecule is CC(=O)O[C@H]1[C@@H](OC(C)=O)[C@@H](C)O[C@H](OC(=N)C(Cl)(Cl)Cl)[C@@H]1OC(C)=O. The standard InChI is InChI=1S/C14H18Cl3NO8/c1-5-9(23-6(2)19)10(24-7(3)20)11(25-8(4)21)12(22-5)26-13(18)14(15,16)17/h5,9-12,18H,1-4H3/t5-,9+,10+,11-,12-/m1/s1. The van der Waals surface area contributed by atoms with Crippen molar-refractivity contribution in [2.24, 2.45) is 0 Å². The molecule has 1 saturated heterocycles. The first-order chi connectivity index (χ1) is 11.8. The van der Waals surface area contributed by atoms with E-state index in [2.05, 4.69) is 0 Å². The highest BCUT2D eigenvalue weighted by Crippen LogP contribution is 2.33. The summed E-state index contributed by atoms with van der Waals surface area (Å²) >= 11 is 16.7. The van der Waals surface area contributed by atoms with Crippen LogP contribution in [0.3, 0.4) is 0 Å². The molecule has 0 aromatic heterocycles. The van der Waals surface area contributed by atoms with Crippen LogP contribution in [-0.4, -0.2) is 58.3 Å². The molecule has 1 N–H and O–H groups in total. The van der Waals surface area contributed by atoms with E-state index in [1.165, 1.54) is 6.92 Å². The zero-order chi connectivity index (χ0) is 20.2. The predicted molar refractivity (Wildman–Crippen MR) is 90.1 cm³/mol. The normalized spacial score (nSPS) is 28.7. The number of hydrogen-bond donors (Lipinski definition) is 1. The maximum atomic E-state index is 11.5. The molecule has 0 aromatic carbocycles. The first-order valence-corrected chi connectivity index (χ1v) is 8.45. The second-order valence-electron chi connectivity index (χ2n) is 5.38. The van der Waals surface area contributed by atoms with Gasteiger partial charge in [0.25, 0.3) is 3.79 Å². The molecule has 0 spiro atoms. The molecule has 0 aliphatic carbocycles. The number of esters is 3. The lowest BCUT2D eigenvalue weighted by Gasteiger charge is -2.43. The van der Waals surface area contributed by atoms with Crippen LogP contribution in [0.15, 0.2) is 0 Å². The number of nitrogens with one attached hydrogen (secondary N) is 1. The maximum absolute atomic E-state index is 11.5. The molecule has 0 bridgehead atoms. The van der Waals surface area contributed by atoms with E-state index in [4.69, 9.17) is 63.9 Å². The summed E-state index contributed by atoms with van der Waals surface area (Å²) in [5, 5.41) is 7.65. The molecule has 5 atom stereocenters. The van der Waals surface area contributed by atoms with Gasteiger partial charge < -0.3 is 23.7 Å². The highest BCUT2D eigenvalue weighted by atomic mass is 35.6. The Morgan fingerprint density at radius 3 is 1.69 bits per heavy atom. The van der Waals surface area contributed by atoms with Crippen LogP contribution in [0.1, 0.15) is 27.7 Å². The largest absolute Gasteiger partial charge is 0.456 e. The molecule has 1 aliphatic heterocycles. The van der Waals surface area contributed by atoms with Crippen molar-refractivity contribution in [2.75, 3.05) is 0 Å². The lowest BCUT2D eigenvalue weighted by atomic mass is 9.99. The number of alkyl halides is 3. The van der Waals surface area contributed by atoms with Crippen molar-refractivity contribution in [3.05, 3.63) is 0 Å². The quantitative estimate of drug-likeness (QED) is 0.234. The first-order valence-electron chi connectivity index (χ1n) is 7.32. The Balaban J connectivity index is 3.21. The smallest absolute Gasteiger partial charge is 0.303 e. The summed E-state index contributed by atoms with van der Waals surface area (Å²) in [5.41, 5.74) is 0. The highest BCUT2D eigenvalue weighted by molar-refractivity contribution is 6.76. The zero-order valence-electron chi connectivity index (χ0n) is 14.3. The fraction of sp³-hybridized carbons (Fsp3) is 0.714. The van der Waals surface area contributed by atoms with Gasteiger partial charge in [0.1, 0.15) is 0 Å². The Labute approximate surface area is 164 Å². The molecule has 0 unspecified atom stereocenters. The molecule has 0 saturated carbocycles. The zero-order valence-corrected chi connectivity index (χ0v) is 16.6. The van der Waals surface area contributed by atoms with Gasteiger partial charge in [0.05, 0.1) is 6.10 Å². The number of carbonyl (C=O) groups is 3. The van der Waals surface area contributed by atoms with E-state index in [-0.39, 0.29) is 0 Å². The van der Waals surface area contributed by atoms with E-state index in [0.717, 1.165) is 20.8 Å². The Morgan fingerprint density at radius 2 is 1.27 bits per heavy atom. The van der Waals surface area contributed by atoms with E-state index in [9.17, 15) is 14.4 Å². The number of rotatable bonds is 4. The number of ether oxygens (including phenoxy) is 5. The van der Waals surface area contributed by atoms with Gasteiger partial charge in [-0.1, -0.05) is 34.8 Å². The molecule has 0 radical (unpaired) electrons. The van der Waals surface area contributed by atoms with Crippen molar-refractivity contribution in [3.8, 4) is 0 Å². The number of halogens is 3. The van der Waals surface area contributed by atoms with Gasteiger partial charge in [-0.15, -0.1) is 0 Å². The topological polar surface area (TPSA) is 121 Å². The summed E-state index contributed by atoms with van der Waals surface area (Å²) in [4.78, 5) is 34.3. The first kappa shape index (κ1) is 22.8. The van der Waals surface area contributed by atoms with Crippen molar-refractivity contribution >= 4 is 58.6 Å². The molecular weight excluding hydrogens is 417 g/mol. The average Bonchev–Trinajstić information content (AvgIpc) is 2.44. The van der Waals surface area contributed by atoms with Gasteiger partial charge >= 0.3 is 17.9 Å². The van der Waals surface area contributed by atoms with Gasteiger partial charge in [0.15, 0.2) is 12.2 Å². The van der Waals surface area contributed by atoms with Crippen LogP contribution in [0.2, 0.25) is 0 Å². The summed E-state index contributed by atoms with van der Waals surface area (Å²) in [7, 11) is 0. The summed E-state index contributed by atoms with van der Waals surface area (Å²) in [6, 6.07) is 0. The lowest BCUT2D eigenvalue weighted by molar-refractivity contribution is -0.284. The summed E-state index contributed by atoms with van der Waals surface area (Å²) in [5.74, 6) is -2.96. The van der Waals surface area contributed by atoms with Crippen LogP contribution in [0, 0.1) is 5.41 Å². The van der Waals surface area contributed by atoms with Crippen LogP contribution >= 0.6 is 34.8 Å². The van der Waals surface area contributed by atoms with E-state index in [1.54, 1.807) is 0 Å². The third-order valence-corrected chi connectivity index (χ3v) is 3.64. The molecule has 1 heterocycles. The van der Waals surface area contributed by atoms with Crippen LogP contribution < -0.4 is 0 Å². The second-order valence-corrected chi connectivity index (χ2v) is 7.66. The van der Waals surface area contributed by atoms with Crippen LogP contribution in [0.25, 0.3) is 0 Å². The molecule has 26 heavy (non-hydrogen) atoms. The lowest BCUT2D eigenvalue weighted by Crippen LogP contribution is -2.61. The predicted octanol–water partition coefficient (Wildman–Crippen LogP) is 1.89. The van der Waals surface area contributed by atoms with Crippen molar-refractivity contribution < 1.29 is 38.1 Å². The van der Waals surface area contributed by atoms with Gasteiger partial charge in [-0.2, -0.15) is 0 Å². The molecular formula is C14H18Cl3NO8. The number of carbonyl (C=O) groups excluding carboxylic acids is 3. The second kappa shape index (κ2) is 9.07. The minimum atomic E-state index is -2.20. The van der Waals surface area contributed by atoms with Crippen molar-refractivity contribution in [3.63, 3.8) is 0 Å². The Hall–Kier alpha value is -1.29. The summed E-state index contributed by atoms with van der Waals surface area (Å²) < 4.78 is 23.9. The summed E-state index contributed by atoms with van der Waals surface area (Å²) in [6.45, 7) is 4.87. The monoisotopic (exact) mass is 433 g/mol. The average molecular weight is 435 g/mol. The molecule has 1 fully saturated rings. The summed E-state index contributed by atoms with van der Waals surface area (Å²) in [6.07, 6.45) is -6.05. The molecule has 0 amide bonds. The molecule has 148 valence electrons.